The van der Waals surface area contributed by atoms with Crippen molar-refractivity contribution in [2.45, 2.75) is 19.9 Å². The molecule has 1 aliphatic carbocycles. The van der Waals surface area contributed by atoms with E-state index < -0.39 is 0 Å². The van der Waals surface area contributed by atoms with Gasteiger partial charge in [0.25, 0.3) is 0 Å². The molecule has 0 saturated heterocycles. The number of rotatable bonds is 7. The number of carbonyl (C=O) groups is 2. The second-order valence-electron chi connectivity index (χ2n) is 6.24. The number of anilines is 1. The third-order valence-electron chi connectivity index (χ3n) is 4.28. The fraction of sp³-hybridized carbons (Fsp3) is 0.300. The first-order chi connectivity index (χ1) is 12.6. The third-order valence-corrected chi connectivity index (χ3v) is 4.53. The molecule has 1 fully saturated rings. The van der Waals surface area contributed by atoms with E-state index in [0.29, 0.717) is 30.3 Å². The SMILES string of the molecule is CCOc1ccc(NC(=O)C2CC2C(=O)NCc2ccc(Cl)cc2)cc1. The molecule has 0 bridgehead atoms. The Labute approximate surface area is 157 Å². The lowest BCUT2D eigenvalue weighted by Crippen LogP contribution is -2.27. The van der Waals surface area contributed by atoms with Crippen molar-refractivity contribution in [2.75, 3.05) is 11.9 Å². The molecule has 0 heterocycles. The molecular formula is C20H21ClN2O3. The molecule has 2 aromatic rings. The van der Waals surface area contributed by atoms with Crippen LogP contribution in [0.15, 0.2) is 48.5 Å². The van der Waals surface area contributed by atoms with Gasteiger partial charge in [-0.3, -0.25) is 9.59 Å². The van der Waals surface area contributed by atoms with Gasteiger partial charge in [-0.1, -0.05) is 23.7 Å². The Hall–Kier alpha value is -2.53. The summed E-state index contributed by atoms with van der Waals surface area (Å²) in [7, 11) is 0. The molecule has 3 rings (SSSR count). The summed E-state index contributed by atoms with van der Waals surface area (Å²) in [4.78, 5) is 24.5. The molecule has 0 spiro atoms. The van der Waals surface area contributed by atoms with E-state index in [1.54, 1.807) is 24.3 Å². The van der Waals surface area contributed by atoms with E-state index in [-0.39, 0.29) is 23.7 Å². The van der Waals surface area contributed by atoms with Crippen molar-refractivity contribution in [3.63, 3.8) is 0 Å². The summed E-state index contributed by atoms with van der Waals surface area (Å²) in [6.45, 7) is 2.95. The number of amides is 2. The van der Waals surface area contributed by atoms with Crippen molar-refractivity contribution in [1.82, 2.24) is 5.32 Å². The first-order valence-electron chi connectivity index (χ1n) is 8.62. The van der Waals surface area contributed by atoms with Gasteiger partial charge in [-0.15, -0.1) is 0 Å². The first-order valence-corrected chi connectivity index (χ1v) is 9.00. The molecule has 2 amide bonds. The molecule has 2 N–H and O–H groups in total. The Kier molecular flexibility index (Phi) is 5.78. The van der Waals surface area contributed by atoms with E-state index in [1.165, 1.54) is 0 Å². The highest BCUT2D eigenvalue weighted by Gasteiger charge is 2.47. The van der Waals surface area contributed by atoms with Gasteiger partial charge in [0.05, 0.1) is 18.4 Å². The van der Waals surface area contributed by atoms with Crippen LogP contribution in [0.3, 0.4) is 0 Å². The van der Waals surface area contributed by atoms with Crippen molar-refractivity contribution in [3.8, 4) is 5.75 Å². The number of nitrogens with one attached hydrogen (secondary N) is 2. The monoisotopic (exact) mass is 372 g/mol. The lowest BCUT2D eigenvalue weighted by atomic mass is 10.2. The molecule has 0 aliphatic heterocycles. The average molecular weight is 373 g/mol. The van der Waals surface area contributed by atoms with Crippen molar-refractivity contribution in [3.05, 3.63) is 59.1 Å². The summed E-state index contributed by atoms with van der Waals surface area (Å²) >= 11 is 5.84. The molecular weight excluding hydrogens is 352 g/mol. The molecule has 2 atom stereocenters. The van der Waals surface area contributed by atoms with Crippen molar-refractivity contribution in [1.29, 1.82) is 0 Å². The van der Waals surface area contributed by atoms with Crippen LogP contribution < -0.4 is 15.4 Å². The van der Waals surface area contributed by atoms with Crippen molar-refractivity contribution in [2.24, 2.45) is 11.8 Å². The summed E-state index contributed by atoms with van der Waals surface area (Å²) in [5, 5.41) is 6.38. The number of halogens is 1. The minimum Gasteiger partial charge on any atom is -0.494 e. The highest BCUT2D eigenvalue weighted by molar-refractivity contribution is 6.30. The van der Waals surface area contributed by atoms with E-state index in [9.17, 15) is 9.59 Å². The predicted octanol–water partition coefficient (Wildman–Crippen LogP) is 3.63. The van der Waals surface area contributed by atoms with Crippen LogP contribution in [0.25, 0.3) is 0 Å². The van der Waals surface area contributed by atoms with Crippen LogP contribution in [-0.2, 0) is 16.1 Å². The number of ether oxygens (including phenoxy) is 1. The predicted molar refractivity (Wildman–Crippen MR) is 101 cm³/mol. The number of carbonyl (C=O) groups excluding carboxylic acids is 2. The Morgan fingerprint density at radius 1 is 1.04 bits per heavy atom. The molecule has 2 unspecified atom stereocenters. The summed E-state index contributed by atoms with van der Waals surface area (Å²) in [5.41, 5.74) is 1.67. The molecule has 2 aromatic carbocycles. The highest BCUT2D eigenvalue weighted by Crippen LogP contribution is 2.39. The van der Waals surface area contributed by atoms with E-state index in [1.807, 2.05) is 31.2 Å². The fourth-order valence-electron chi connectivity index (χ4n) is 2.73. The zero-order valence-electron chi connectivity index (χ0n) is 14.5. The Balaban J connectivity index is 1.45. The second kappa shape index (κ2) is 8.23. The maximum atomic E-state index is 12.3. The molecule has 6 heteroatoms. The zero-order chi connectivity index (χ0) is 18.5. The maximum absolute atomic E-state index is 12.3. The van der Waals surface area contributed by atoms with Gasteiger partial charge in [0.15, 0.2) is 0 Å². The van der Waals surface area contributed by atoms with Crippen LogP contribution in [0.1, 0.15) is 18.9 Å². The summed E-state index contributed by atoms with van der Waals surface area (Å²) in [6, 6.07) is 14.5. The highest BCUT2D eigenvalue weighted by atomic mass is 35.5. The molecule has 5 nitrogen and oxygen atoms in total. The minimum atomic E-state index is -0.271. The number of benzene rings is 2. The lowest BCUT2D eigenvalue weighted by Gasteiger charge is -2.08. The van der Waals surface area contributed by atoms with Gasteiger partial charge in [0.2, 0.25) is 11.8 Å². The molecule has 1 aliphatic rings. The summed E-state index contributed by atoms with van der Waals surface area (Å²) in [6.07, 6.45) is 0.579. The molecule has 0 aromatic heterocycles. The van der Waals surface area contributed by atoms with E-state index in [2.05, 4.69) is 10.6 Å². The largest absolute Gasteiger partial charge is 0.494 e. The Morgan fingerprint density at radius 2 is 1.69 bits per heavy atom. The molecule has 136 valence electrons. The minimum absolute atomic E-state index is 0.0909. The summed E-state index contributed by atoms with van der Waals surface area (Å²) in [5.74, 6) is 0.0146. The number of hydrogen-bond acceptors (Lipinski definition) is 3. The van der Waals surface area contributed by atoms with Crippen LogP contribution in [0.2, 0.25) is 5.02 Å². The molecule has 0 radical (unpaired) electrons. The van der Waals surface area contributed by atoms with Crippen LogP contribution in [-0.4, -0.2) is 18.4 Å². The van der Waals surface area contributed by atoms with E-state index >= 15 is 0 Å². The van der Waals surface area contributed by atoms with Crippen LogP contribution >= 0.6 is 11.6 Å². The van der Waals surface area contributed by atoms with Gasteiger partial charge in [-0.2, -0.15) is 0 Å². The lowest BCUT2D eigenvalue weighted by molar-refractivity contribution is -0.125. The van der Waals surface area contributed by atoms with Gasteiger partial charge in [0, 0.05) is 17.3 Å². The Bertz CT molecular complexity index is 775. The Morgan fingerprint density at radius 3 is 2.35 bits per heavy atom. The van der Waals surface area contributed by atoms with Crippen LogP contribution in [0, 0.1) is 11.8 Å². The second-order valence-corrected chi connectivity index (χ2v) is 6.68. The van der Waals surface area contributed by atoms with Gasteiger partial charge >= 0.3 is 0 Å². The smallest absolute Gasteiger partial charge is 0.228 e. The van der Waals surface area contributed by atoms with Gasteiger partial charge in [0.1, 0.15) is 5.75 Å². The van der Waals surface area contributed by atoms with Gasteiger partial charge in [-0.25, -0.2) is 0 Å². The van der Waals surface area contributed by atoms with E-state index in [0.717, 1.165) is 11.3 Å². The standard InChI is InChI=1S/C20H21ClN2O3/c1-2-26-16-9-7-15(8-10-16)23-20(25)18-11-17(18)19(24)22-12-13-3-5-14(21)6-4-13/h3-10,17-18H,2,11-12H2,1H3,(H,22,24)(H,23,25). The van der Waals surface area contributed by atoms with Crippen molar-refractivity contribution >= 4 is 29.1 Å². The van der Waals surface area contributed by atoms with Gasteiger partial charge in [-0.05, 0) is 55.3 Å². The quantitative estimate of drug-likeness (QED) is 0.779. The fourth-order valence-corrected chi connectivity index (χ4v) is 2.86. The summed E-state index contributed by atoms with van der Waals surface area (Å²) < 4.78 is 5.37. The van der Waals surface area contributed by atoms with Gasteiger partial charge < -0.3 is 15.4 Å². The topological polar surface area (TPSA) is 67.4 Å². The maximum Gasteiger partial charge on any atom is 0.228 e. The van der Waals surface area contributed by atoms with Crippen LogP contribution in [0.5, 0.6) is 5.75 Å². The first kappa shape index (κ1) is 18.3. The van der Waals surface area contributed by atoms with Crippen molar-refractivity contribution < 1.29 is 14.3 Å². The molecule has 1 saturated carbocycles. The normalized spacial score (nSPS) is 18.1. The average Bonchev–Trinajstić information content (AvgIpc) is 3.44. The third kappa shape index (κ3) is 4.76. The molecule has 26 heavy (non-hydrogen) atoms. The van der Waals surface area contributed by atoms with E-state index in [4.69, 9.17) is 16.3 Å². The van der Waals surface area contributed by atoms with Crippen LogP contribution in [0.4, 0.5) is 5.69 Å². The zero-order valence-corrected chi connectivity index (χ0v) is 15.3. The number of hydrogen-bond donors (Lipinski definition) is 2.